The number of nitrogens with zero attached hydrogens (tertiary/aromatic N) is 3. The number of aromatic nitrogens is 2. The van der Waals surface area contributed by atoms with E-state index in [-0.39, 0.29) is 0 Å². The Labute approximate surface area is 66.4 Å². The first-order valence-electron chi connectivity index (χ1n) is 3.08. The Balaban J connectivity index is 2.90. The molecule has 0 aliphatic rings. The first kappa shape index (κ1) is 6.48. The predicted octanol–water partition coefficient (Wildman–Crippen LogP) is 2.10. The van der Waals surface area contributed by atoms with Crippen molar-refractivity contribution >= 4 is 21.9 Å². The summed E-state index contributed by atoms with van der Waals surface area (Å²) in [6.07, 6.45) is 1.81. The predicted molar refractivity (Wildman–Crippen MR) is 43.3 cm³/mol. The van der Waals surface area contributed by atoms with E-state index < -0.39 is 0 Å². The van der Waals surface area contributed by atoms with Crippen LogP contribution in [0.2, 0.25) is 0 Å². The fourth-order valence-electron chi connectivity index (χ4n) is 0.986. The lowest BCUT2D eigenvalue weighted by Crippen LogP contribution is -1.77. The first-order valence-corrected chi connectivity index (χ1v) is 3.96. The second-order valence-corrected chi connectivity index (χ2v) is 3.07. The highest BCUT2D eigenvalue weighted by atomic mass is 32.1. The average molecular weight is 167 g/mol. The van der Waals surface area contributed by atoms with Gasteiger partial charge >= 0.3 is 0 Å². The molecule has 0 spiro atoms. The second kappa shape index (κ2) is 2.13. The number of hydrogen-bond donors (Lipinski definition) is 0. The molecular formula is C6H5N3OS. The molecule has 2 aromatic heterocycles. The molecule has 0 bridgehead atoms. The summed E-state index contributed by atoms with van der Waals surface area (Å²) < 4.78 is 1.66. The number of thiazole rings is 1. The van der Waals surface area contributed by atoms with Crippen molar-refractivity contribution in [2.75, 3.05) is 0 Å². The highest BCUT2D eigenvalue weighted by Crippen LogP contribution is 2.27. The summed E-state index contributed by atoms with van der Waals surface area (Å²) in [5.41, 5.74) is 1.15. The van der Waals surface area contributed by atoms with Gasteiger partial charge in [-0.3, -0.25) is 0 Å². The van der Waals surface area contributed by atoms with Crippen LogP contribution in [0.3, 0.4) is 0 Å². The summed E-state index contributed by atoms with van der Waals surface area (Å²) in [5.74, 6) is 0. The quantitative estimate of drug-likeness (QED) is 0.610. The lowest BCUT2D eigenvalue weighted by atomic mass is 10.4. The van der Waals surface area contributed by atoms with E-state index in [1.54, 1.807) is 11.4 Å². The van der Waals surface area contributed by atoms with E-state index in [1.165, 1.54) is 11.3 Å². The zero-order chi connectivity index (χ0) is 7.84. The average Bonchev–Trinajstić information content (AvgIpc) is 2.46. The van der Waals surface area contributed by atoms with Gasteiger partial charge in [0.2, 0.25) is 0 Å². The molecule has 2 rings (SSSR count). The number of rotatable bonds is 1. The van der Waals surface area contributed by atoms with Crippen LogP contribution < -0.4 is 0 Å². The van der Waals surface area contributed by atoms with Crippen LogP contribution in [0, 0.1) is 11.8 Å². The van der Waals surface area contributed by atoms with Crippen molar-refractivity contribution in [2.45, 2.75) is 6.92 Å². The zero-order valence-corrected chi connectivity index (χ0v) is 6.63. The Morgan fingerprint density at radius 1 is 1.73 bits per heavy atom. The van der Waals surface area contributed by atoms with Gasteiger partial charge in [0.15, 0.2) is 5.69 Å². The van der Waals surface area contributed by atoms with Gasteiger partial charge in [-0.05, 0) is 12.1 Å². The maximum absolute atomic E-state index is 10.3. The number of nitroso groups, excluding NO2 is 1. The Bertz CT molecular complexity index is 403. The van der Waals surface area contributed by atoms with E-state index in [9.17, 15) is 4.91 Å². The molecule has 0 atom stereocenters. The van der Waals surface area contributed by atoms with E-state index in [0.717, 1.165) is 4.83 Å². The van der Waals surface area contributed by atoms with Crippen molar-refractivity contribution < 1.29 is 0 Å². The summed E-state index contributed by atoms with van der Waals surface area (Å²) >= 11 is 1.47. The molecule has 0 fully saturated rings. The molecule has 56 valence electrons. The molecule has 5 heteroatoms. The zero-order valence-electron chi connectivity index (χ0n) is 5.81. The molecule has 0 aliphatic heterocycles. The van der Waals surface area contributed by atoms with E-state index in [1.807, 2.05) is 11.6 Å². The Kier molecular flexibility index (Phi) is 1.25. The van der Waals surface area contributed by atoms with Gasteiger partial charge in [-0.2, -0.15) is 5.10 Å². The normalized spacial score (nSPS) is 10.6. The highest BCUT2D eigenvalue weighted by molar-refractivity contribution is 7.16. The molecule has 2 aromatic rings. The molecule has 0 radical (unpaired) electrons. The smallest absolute Gasteiger partial charge is 0.166 e. The summed E-state index contributed by atoms with van der Waals surface area (Å²) in [4.78, 5) is 11.1. The van der Waals surface area contributed by atoms with E-state index in [0.29, 0.717) is 11.4 Å². The summed E-state index contributed by atoms with van der Waals surface area (Å²) in [6, 6.07) is 0. The van der Waals surface area contributed by atoms with Crippen LogP contribution in [-0.4, -0.2) is 9.61 Å². The molecule has 0 unspecified atom stereocenters. The lowest BCUT2D eigenvalue weighted by molar-refractivity contribution is 0.947. The van der Waals surface area contributed by atoms with E-state index in [2.05, 4.69) is 10.3 Å². The minimum atomic E-state index is 0.458. The van der Waals surface area contributed by atoms with Gasteiger partial charge in [-0.1, -0.05) is 0 Å². The summed E-state index contributed by atoms with van der Waals surface area (Å²) in [5, 5.41) is 8.86. The number of aryl methyl sites for hydroxylation is 1. The van der Waals surface area contributed by atoms with Crippen molar-refractivity contribution in [2.24, 2.45) is 5.18 Å². The van der Waals surface area contributed by atoms with Crippen LogP contribution in [0.25, 0.3) is 4.83 Å². The molecule has 2 heterocycles. The largest absolute Gasteiger partial charge is 0.227 e. The minimum absolute atomic E-state index is 0.458. The van der Waals surface area contributed by atoms with Crippen molar-refractivity contribution in [3.05, 3.63) is 22.2 Å². The van der Waals surface area contributed by atoms with Gasteiger partial charge in [-0.15, -0.1) is 16.2 Å². The fourth-order valence-corrected chi connectivity index (χ4v) is 1.80. The molecule has 11 heavy (non-hydrogen) atoms. The minimum Gasteiger partial charge on any atom is -0.227 e. The first-order chi connectivity index (χ1) is 5.33. The van der Waals surface area contributed by atoms with Crippen LogP contribution in [0.1, 0.15) is 5.69 Å². The molecule has 0 N–H and O–H groups in total. The van der Waals surface area contributed by atoms with E-state index >= 15 is 0 Å². The molecule has 0 saturated heterocycles. The van der Waals surface area contributed by atoms with Crippen LogP contribution >= 0.6 is 11.3 Å². The summed E-state index contributed by atoms with van der Waals surface area (Å²) in [7, 11) is 0. The van der Waals surface area contributed by atoms with Crippen molar-refractivity contribution in [3.8, 4) is 0 Å². The second-order valence-electron chi connectivity index (χ2n) is 2.18. The lowest BCUT2D eigenvalue weighted by Gasteiger charge is -1.77. The number of hydrogen-bond acceptors (Lipinski definition) is 4. The SMILES string of the molecule is Cc1nn2ccsc2c1N=O. The molecule has 0 saturated carbocycles. The van der Waals surface area contributed by atoms with Crippen molar-refractivity contribution in [1.29, 1.82) is 0 Å². The highest BCUT2D eigenvalue weighted by Gasteiger charge is 2.09. The van der Waals surface area contributed by atoms with Crippen molar-refractivity contribution in [1.82, 2.24) is 9.61 Å². The topological polar surface area (TPSA) is 46.7 Å². The van der Waals surface area contributed by atoms with Crippen LogP contribution in [0.5, 0.6) is 0 Å². The third-order valence-electron chi connectivity index (χ3n) is 1.48. The maximum Gasteiger partial charge on any atom is 0.166 e. The fraction of sp³-hybridized carbons (Fsp3) is 0.167. The van der Waals surface area contributed by atoms with Crippen LogP contribution in [0.15, 0.2) is 16.8 Å². The van der Waals surface area contributed by atoms with Gasteiger partial charge < -0.3 is 0 Å². The third-order valence-corrected chi connectivity index (χ3v) is 2.35. The molecule has 0 aromatic carbocycles. The number of fused-ring (bicyclic) bond motifs is 1. The molecule has 4 nitrogen and oxygen atoms in total. The van der Waals surface area contributed by atoms with Gasteiger partial charge in [0.1, 0.15) is 4.83 Å². The van der Waals surface area contributed by atoms with Crippen molar-refractivity contribution in [3.63, 3.8) is 0 Å². The molecule has 0 amide bonds. The van der Waals surface area contributed by atoms with E-state index in [4.69, 9.17) is 0 Å². The Morgan fingerprint density at radius 3 is 3.27 bits per heavy atom. The van der Waals surface area contributed by atoms with Gasteiger partial charge in [-0.25, -0.2) is 4.52 Å². The Morgan fingerprint density at radius 2 is 2.55 bits per heavy atom. The standard InChI is InChI=1S/C6H5N3OS/c1-4-5(8-10)6-9(7-4)2-3-11-6/h2-3H,1H3. The van der Waals surface area contributed by atoms with Gasteiger partial charge in [0.25, 0.3) is 0 Å². The van der Waals surface area contributed by atoms with Gasteiger partial charge in [0, 0.05) is 11.6 Å². The molecular weight excluding hydrogens is 162 g/mol. The maximum atomic E-state index is 10.3. The van der Waals surface area contributed by atoms with Crippen LogP contribution in [-0.2, 0) is 0 Å². The Hall–Kier alpha value is -1.23. The molecule has 0 aliphatic carbocycles. The summed E-state index contributed by atoms with van der Waals surface area (Å²) in [6.45, 7) is 1.77. The third kappa shape index (κ3) is 0.775. The monoisotopic (exact) mass is 167 g/mol. The van der Waals surface area contributed by atoms with Crippen LogP contribution in [0.4, 0.5) is 5.69 Å². The van der Waals surface area contributed by atoms with Gasteiger partial charge in [0.05, 0.1) is 5.69 Å².